The maximum Gasteiger partial charge on any atom is 0.151 e. The van der Waals surface area contributed by atoms with E-state index in [9.17, 15) is 4.39 Å². The molecule has 0 radical (unpaired) electrons. The van der Waals surface area contributed by atoms with Crippen LogP contribution in [0.4, 0.5) is 4.39 Å². The van der Waals surface area contributed by atoms with Crippen LogP contribution in [0.2, 0.25) is 0 Å². The highest BCUT2D eigenvalue weighted by molar-refractivity contribution is 5.71. The first-order chi connectivity index (χ1) is 13.4. The van der Waals surface area contributed by atoms with Gasteiger partial charge in [-0.1, -0.05) is 0 Å². The van der Waals surface area contributed by atoms with Crippen LogP contribution in [0, 0.1) is 12.7 Å². The van der Waals surface area contributed by atoms with Gasteiger partial charge in [0, 0.05) is 35.7 Å². The van der Waals surface area contributed by atoms with Gasteiger partial charge in [0.1, 0.15) is 22.8 Å². The lowest BCUT2D eigenvalue weighted by atomic mass is 9.81. The highest BCUT2D eigenvalue weighted by Gasteiger charge is 2.47. The Bertz CT molecular complexity index is 916. The zero-order chi connectivity index (χ0) is 19.5. The second kappa shape index (κ2) is 6.26. The molecule has 1 spiro atoms. The molecule has 0 saturated carbocycles. The Labute approximate surface area is 164 Å². The molecule has 1 unspecified atom stereocenters. The van der Waals surface area contributed by atoms with Crippen LogP contribution in [0.3, 0.4) is 0 Å². The summed E-state index contributed by atoms with van der Waals surface area (Å²) in [6.45, 7) is 9.38. The average Bonchev–Trinajstić information content (AvgIpc) is 3.00. The van der Waals surface area contributed by atoms with Gasteiger partial charge in [-0.3, -0.25) is 4.68 Å². The molecule has 1 atom stereocenters. The number of piperidine rings is 2. The van der Waals surface area contributed by atoms with E-state index in [0.29, 0.717) is 17.5 Å². The first kappa shape index (κ1) is 18.1. The van der Waals surface area contributed by atoms with Gasteiger partial charge in [-0.05, 0) is 53.2 Å². The fourth-order valence-corrected chi connectivity index (χ4v) is 5.26. The van der Waals surface area contributed by atoms with Crippen LogP contribution in [0.25, 0.3) is 11.4 Å². The van der Waals surface area contributed by atoms with E-state index in [2.05, 4.69) is 41.1 Å². The number of pyridine rings is 1. The van der Waals surface area contributed by atoms with Gasteiger partial charge in [0.25, 0.3) is 0 Å². The van der Waals surface area contributed by atoms with Crippen molar-refractivity contribution >= 4 is 0 Å². The second-order valence-electron chi connectivity index (χ2n) is 9.06. The predicted molar refractivity (Wildman–Crippen MR) is 105 cm³/mol. The topological polar surface area (TPSA) is 64.0 Å². The number of rotatable bonds is 1. The van der Waals surface area contributed by atoms with Crippen LogP contribution in [0.5, 0.6) is 5.75 Å². The van der Waals surface area contributed by atoms with Crippen LogP contribution in [0.15, 0.2) is 12.3 Å². The van der Waals surface area contributed by atoms with E-state index < -0.39 is 5.60 Å². The van der Waals surface area contributed by atoms with Crippen molar-refractivity contribution in [2.24, 2.45) is 0 Å². The Morgan fingerprint density at radius 3 is 2.75 bits per heavy atom. The molecular formula is C21H28FN5O. The Hall–Kier alpha value is -1.99. The van der Waals surface area contributed by atoms with E-state index in [0.717, 1.165) is 62.3 Å². The number of nitrogens with one attached hydrogen (secondary N) is 2. The van der Waals surface area contributed by atoms with Crippen molar-refractivity contribution in [3.8, 4) is 17.1 Å². The van der Waals surface area contributed by atoms with Gasteiger partial charge in [0.15, 0.2) is 5.75 Å². The van der Waals surface area contributed by atoms with E-state index in [4.69, 9.17) is 9.84 Å². The molecule has 0 bridgehead atoms. The molecule has 0 aromatic carbocycles. The van der Waals surface area contributed by atoms with Crippen molar-refractivity contribution in [3.63, 3.8) is 0 Å². The van der Waals surface area contributed by atoms with Crippen LogP contribution >= 0.6 is 0 Å². The third kappa shape index (κ3) is 2.75. The van der Waals surface area contributed by atoms with E-state index in [1.54, 1.807) is 0 Å². The summed E-state index contributed by atoms with van der Waals surface area (Å²) in [6, 6.07) is 1.79. The highest BCUT2D eigenvalue weighted by Crippen LogP contribution is 2.49. The van der Waals surface area contributed by atoms with Crippen molar-refractivity contribution < 1.29 is 9.13 Å². The first-order valence-corrected chi connectivity index (χ1v) is 10.3. The lowest BCUT2D eigenvalue weighted by molar-refractivity contribution is 0.0292. The summed E-state index contributed by atoms with van der Waals surface area (Å²) in [7, 11) is 0. The van der Waals surface area contributed by atoms with Gasteiger partial charge in [-0.25, -0.2) is 9.37 Å². The number of hydrogen-bond donors (Lipinski definition) is 2. The summed E-state index contributed by atoms with van der Waals surface area (Å²) in [5, 5.41) is 12.1. The quantitative estimate of drug-likeness (QED) is 0.790. The summed E-state index contributed by atoms with van der Waals surface area (Å²) >= 11 is 0. The minimum Gasteiger partial charge on any atom is -0.480 e. The smallest absolute Gasteiger partial charge is 0.151 e. The number of aromatic nitrogens is 3. The van der Waals surface area contributed by atoms with Crippen molar-refractivity contribution in [2.45, 2.75) is 63.6 Å². The number of halogens is 1. The molecule has 2 N–H and O–H groups in total. The van der Waals surface area contributed by atoms with E-state index >= 15 is 0 Å². The fourth-order valence-electron chi connectivity index (χ4n) is 5.26. The van der Waals surface area contributed by atoms with Crippen LogP contribution < -0.4 is 15.4 Å². The molecule has 6 nitrogen and oxygen atoms in total. The SMILES string of the molecule is Cc1c2c(nn1C1CCNC(C)(C)C1)-c1ncc(F)cc1OC21CCNCC1. The molecule has 7 heteroatoms. The number of fused-ring (bicyclic) bond motifs is 4. The fraction of sp³-hybridized carbons (Fsp3) is 0.619. The molecule has 5 heterocycles. The van der Waals surface area contributed by atoms with Crippen LogP contribution in [-0.2, 0) is 5.60 Å². The summed E-state index contributed by atoms with van der Waals surface area (Å²) in [4.78, 5) is 4.36. The largest absolute Gasteiger partial charge is 0.480 e. The molecule has 0 aliphatic carbocycles. The average molecular weight is 385 g/mol. The molecule has 2 fully saturated rings. The maximum absolute atomic E-state index is 13.9. The van der Waals surface area contributed by atoms with Crippen molar-refractivity contribution in [2.75, 3.05) is 19.6 Å². The monoisotopic (exact) mass is 385 g/mol. The summed E-state index contributed by atoms with van der Waals surface area (Å²) < 4.78 is 22.6. The zero-order valence-electron chi connectivity index (χ0n) is 16.8. The number of nitrogens with zero attached hydrogens (tertiary/aromatic N) is 3. The summed E-state index contributed by atoms with van der Waals surface area (Å²) in [6.07, 6.45) is 5.02. The number of ether oxygens (including phenoxy) is 1. The molecular weight excluding hydrogens is 357 g/mol. The molecule has 3 aliphatic heterocycles. The zero-order valence-corrected chi connectivity index (χ0v) is 16.8. The first-order valence-electron chi connectivity index (χ1n) is 10.3. The maximum atomic E-state index is 13.9. The third-order valence-corrected chi connectivity index (χ3v) is 6.54. The van der Waals surface area contributed by atoms with E-state index in [-0.39, 0.29) is 11.4 Å². The Balaban J connectivity index is 1.67. The molecule has 150 valence electrons. The van der Waals surface area contributed by atoms with Crippen molar-refractivity contribution in [1.82, 2.24) is 25.4 Å². The lowest BCUT2D eigenvalue weighted by Crippen LogP contribution is -2.47. The molecule has 2 aromatic heterocycles. The highest BCUT2D eigenvalue weighted by atomic mass is 19.1. The normalized spacial score (nSPS) is 25.1. The van der Waals surface area contributed by atoms with Gasteiger partial charge in [0.2, 0.25) is 0 Å². The van der Waals surface area contributed by atoms with Gasteiger partial charge >= 0.3 is 0 Å². The van der Waals surface area contributed by atoms with Gasteiger partial charge in [-0.2, -0.15) is 5.10 Å². The standard InChI is InChI=1S/C21H28FN5O/c1-13-17-19(26-27(13)15-4-7-25-20(2,3)11-15)18-16(10-14(22)12-24-18)28-21(17)5-8-23-9-6-21/h10,12,15,23,25H,4-9,11H2,1-3H3. The lowest BCUT2D eigenvalue weighted by Gasteiger charge is -2.41. The van der Waals surface area contributed by atoms with E-state index in [1.807, 2.05) is 0 Å². The third-order valence-electron chi connectivity index (χ3n) is 6.54. The second-order valence-corrected chi connectivity index (χ2v) is 9.06. The Kier molecular flexibility index (Phi) is 4.04. The molecule has 3 aliphatic rings. The van der Waals surface area contributed by atoms with Crippen LogP contribution in [0.1, 0.15) is 56.8 Å². The summed E-state index contributed by atoms with van der Waals surface area (Å²) in [5.41, 5.74) is 3.48. The van der Waals surface area contributed by atoms with Crippen molar-refractivity contribution in [1.29, 1.82) is 0 Å². The molecule has 5 rings (SSSR count). The minimum atomic E-state index is -0.451. The van der Waals surface area contributed by atoms with E-state index in [1.165, 1.54) is 12.3 Å². The molecule has 28 heavy (non-hydrogen) atoms. The Morgan fingerprint density at radius 1 is 1.21 bits per heavy atom. The summed E-state index contributed by atoms with van der Waals surface area (Å²) in [5.74, 6) is 0.146. The number of hydrogen-bond acceptors (Lipinski definition) is 5. The molecule has 2 saturated heterocycles. The minimum absolute atomic E-state index is 0.0873. The Morgan fingerprint density at radius 2 is 2.00 bits per heavy atom. The predicted octanol–water partition coefficient (Wildman–Crippen LogP) is 3.07. The van der Waals surface area contributed by atoms with Gasteiger partial charge in [-0.15, -0.1) is 0 Å². The van der Waals surface area contributed by atoms with Gasteiger partial charge < -0.3 is 15.4 Å². The van der Waals surface area contributed by atoms with Gasteiger partial charge in [0.05, 0.1) is 12.2 Å². The molecule has 0 amide bonds. The van der Waals surface area contributed by atoms with Crippen molar-refractivity contribution in [3.05, 3.63) is 29.3 Å². The molecule has 2 aromatic rings. The van der Waals surface area contributed by atoms with Crippen LogP contribution in [-0.4, -0.2) is 39.9 Å².